The molecule has 1 N–H and O–H groups in total. The van der Waals surface area contributed by atoms with Crippen LogP contribution in [0.2, 0.25) is 0 Å². The Morgan fingerprint density at radius 3 is 2.54 bits per heavy atom. The first-order valence-corrected chi connectivity index (χ1v) is 12.0. The number of benzene rings is 1. The zero-order valence-corrected chi connectivity index (χ0v) is 20.2. The van der Waals surface area contributed by atoms with Crippen molar-refractivity contribution in [1.82, 2.24) is 25.1 Å². The Kier molecular flexibility index (Phi) is 6.71. The molecule has 4 heterocycles. The topological polar surface area (TPSA) is 108 Å². The van der Waals surface area contributed by atoms with Crippen LogP contribution in [0.15, 0.2) is 35.4 Å². The third-order valence-corrected chi connectivity index (χ3v) is 6.73. The van der Waals surface area contributed by atoms with Crippen LogP contribution in [0.3, 0.4) is 0 Å². The summed E-state index contributed by atoms with van der Waals surface area (Å²) in [6.45, 7) is 4.99. The summed E-state index contributed by atoms with van der Waals surface area (Å²) >= 11 is 0. The number of aromatic amines is 1. The van der Waals surface area contributed by atoms with Gasteiger partial charge in [0, 0.05) is 57.0 Å². The smallest absolute Gasteiger partial charge is 0.374 e. The van der Waals surface area contributed by atoms with Gasteiger partial charge in [-0.05, 0) is 12.5 Å². The first-order valence-electron chi connectivity index (χ1n) is 12.0. The Labute approximate surface area is 210 Å². The van der Waals surface area contributed by atoms with Crippen molar-refractivity contribution in [3.63, 3.8) is 0 Å². The minimum Gasteiger partial charge on any atom is -0.374 e. The molecule has 1 amide bonds. The fourth-order valence-corrected chi connectivity index (χ4v) is 4.76. The Hall–Kier alpha value is -3.74. The van der Waals surface area contributed by atoms with E-state index in [2.05, 4.69) is 20.2 Å². The van der Waals surface area contributed by atoms with E-state index in [9.17, 15) is 22.8 Å². The molecule has 0 aliphatic carbocycles. The van der Waals surface area contributed by atoms with Gasteiger partial charge in [-0.15, -0.1) is 0 Å². The molecule has 2 aromatic heterocycles. The highest BCUT2D eigenvalue weighted by Gasteiger charge is 2.32. The van der Waals surface area contributed by atoms with Crippen LogP contribution >= 0.6 is 0 Å². The highest BCUT2D eigenvalue weighted by molar-refractivity contribution is 5.93. The van der Waals surface area contributed by atoms with Crippen molar-refractivity contribution < 1.29 is 22.7 Å². The zero-order valence-electron chi connectivity index (χ0n) is 20.2. The molecule has 2 saturated heterocycles. The number of carbonyl (C=O) groups excluding carboxylic acids is 1. The Bertz CT molecular complexity index is 1340. The number of nitrogens with one attached hydrogen (secondary N) is 1. The monoisotopic (exact) mass is 517 g/mol. The molecule has 37 heavy (non-hydrogen) atoms. The molecule has 2 aliphatic rings. The van der Waals surface area contributed by atoms with Crippen LogP contribution in [0.5, 0.6) is 0 Å². The minimum absolute atomic E-state index is 0.0602. The quantitative estimate of drug-likeness (QED) is 0.560. The van der Waals surface area contributed by atoms with Gasteiger partial charge in [0.2, 0.25) is 11.9 Å². The number of halogens is 3. The predicted molar refractivity (Wildman–Crippen MR) is 129 cm³/mol. The lowest BCUT2D eigenvalue weighted by Crippen LogP contribution is -2.51. The van der Waals surface area contributed by atoms with Crippen LogP contribution in [0.1, 0.15) is 17.5 Å². The van der Waals surface area contributed by atoms with Crippen molar-refractivity contribution in [3.05, 3.63) is 52.1 Å². The van der Waals surface area contributed by atoms with Gasteiger partial charge >= 0.3 is 6.18 Å². The van der Waals surface area contributed by atoms with Crippen molar-refractivity contribution in [3.8, 4) is 0 Å². The Morgan fingerprint density at radius 2 is 1.84 bits per heavy atom. The molecule has 196 valence electrons. The van der Waals surface area contributed by atoms with E-state index in [4.69, 9.17) is 4.74 Å². The molecule has 10 nitrogen and oxygen atoms in total. The van der Waals surface area contributed by atoms with Crippen LogP contribution in [0.25, 0.3) is 10.8 Å². The molecular weight excluding hydrogens is 491 g/mol. The van der Waals surface area contributed by atoms with Crippen molar-refractivity contribution in [2.24, 2.45) is 0 Å². The van der Waals surface area contributed by atoms with Gasteiger partial charge in [-0.2, -0.15) is 18.3 Å². The average Bonchev–Trinajstić information content (AvgIpc) is 2.89. The molecule has 0 saturated carbocycles. The second-order valence-electron chi connectivity index (χ2n) is 9.15. The minimum atomic E-state index is -4.49. The number of nitrogens with zero attached hydrogens (tertiary/aromatic N) is 6. The number of morpholine rings is 1. The van der Waals surface area contributed by atoms with Gasteiger partial charge in [0.1, 0.15) is 0 Å². The van der Waals surface area contributed by atoms with Crippen LogP contribution in [-0.2, 0) is 15.7 Å². The maximum Gasteiger partial charge on any atom is 0.419 e. The number of alkyl halides is 3. The molecule has 0 spiro atoms. The first kappa shape index (κ1) is 24.9. The van der Waals surface area contributed by atoms with Crippen molar-refractivity contribution in [1.29, 1.82) is 0 Å². The highest BCUT2D eigenvalue weighted by atomic mass is 19.4. The second-order valence-corrected chi connectivity index (χ2v) is 9.15. The van der Waals surface area contributed by atoms with Crippen LogP contribution < -0.4 is 15.4 Å². The molecule has 5 rings (SSSR count). The van der Waals surface area contributed by atoms with E-state index in [0.29, 0.717) is 57.1 Å². The highest BCUT2D eigenvalue weighted by Crippen LogP contribution is 2.29. The standard InChI is InChI=1S/C24H26F3N7O3/c1-15-3-2-4-18-20(15)22(36)31-30-21(18)34-9-10-37-17(14-34)11-19(35)32-5-7-33(8-6-32)23-28-12-16(13-29-23)24(25,26)27/h2-4,12-13,17H,5-11,14H2,1H3,(H,31,36)/t17-/m1/s1. The number of ether oxygens (including phenoxy) is 1. The number of H-pyrrole nitrogens is 1. The number of piperazine rings is 1. The number of anilines is 2. The number of aromatic nitrogens is 4. The number of aryl methyl sites for hydroxylation is 1. The van der Waals surface area contributed by atoms with Gasteiger partial charge in [-0.3, -0.25) is 9.59 Å². The SMILES string of the molecule is Cc1cccc2c(N3CCO[C@H](CC(=O)N4CCN(c5ncc(C(F)(F)F)cn5)CC4)C3)n[nH]c(=O)c12. The number of carbonyl (C=O) groups is 1. The molecule has 13 heteroatoms. The molecule has 1 atom stereocenters. The third kappa shape index (κ3) is 5.22. The lowest BCUT2D eigenvalue weighted by atomic mass is 10.1. The van der Waals surface area contributed by atoms with Crippen LogP contribution in [0, 0.1) is 6.92 Å². The summed E-state index contributed by atoms with van der Waals surface area (Å²) < 4.78 is 44.1. The molecule has 0 unspecified atom stereocenters. The van der Waals surface area contributed by atoms with Gasteiger partial charge in [0.15, 0.2) is 5.82 Å². The number of amides is 1. The van der Waals surface area contributed by atoms with Gasteiger partial charge in [0.25, 0.3) is 5.56 Å². The summed E-state index contributed by atoms with van der Waals surface area (Å²) in [5.41, 5.74) is -0.271. The molecule has 0 bridgehead atoms. The van der Waals surface area contributed by atoms with Crippen molar-refractivity contribution in [2.45, 2.75) is 25.6 Å². The van der Waals surface area contributed by atoms with Crippen molar-refractivity contribution >= 4 is 28.4 Å². The number of rotatable bonds is 4. The number of fused-ring (bicyclic) bond motifs is 1. The molecule has 3 aromatic rings. The van der Waals surface area contributed by atoms with Gasteiger partial charge in [-0.25, -0.2) is 15.1 Å². The molecular formula is C24H26F3N7O3. The maximum atomic E-state index is 13.0. The number of hydrogen-bond acceptors (Lipinski definition) is 8. The first-order chi connectivity index (χ1) is 17.7. The van der Waals surface area contributed by atoms with Gasteiger partial charge < -0.3 is 19.4 Å². The lowest BCUT2D eigenvalue weighted by molar-refractivity contribution is -0.138. The summed E-state index contributed by atoms with van der Waals surface area (Å²) in [5.74, 6) is 0.807. The van der Waals surface area contributed by atoms with Crippen LogP contribution in [0.4, 0.5) is 24.9 Å². The summed E-state index contributed by atoms with van der Waals surface area (Å²) in [6, 6.07) is 5.64. The molecule has 0 radical (unpaired) electrons. The summed E-state index contributed by atoms with van der Waals surface area (Å²) in [4.78, 5) is 38.5. The predicted octanol–water partition coefficient (Wildman–Crippen LogP) is 1.98. The normalized spacial score (nSPS) is 18.9. The van der Waals surface area contributed by atoms with E-state index in [0.717, 1.165) is 23.3 Å². The maximum absolute atomic E-state index is 13.0. The van der Waals surface area contributed by atoms with Gasteiger partial charge in [-0.1, -0.05) is 18.2 Å². The van der Waals surface area contributed by atoms with Crippen molar-refractivity contribution in [2.75, 3.05) is 55.7 Å². The Morgan fingerprint density at radius 1 is 1.11 bits per heavy atom. The molecule has 2 aliphatic heterocycles. The van der Waals surface area contributed by atoms with E-state index >= 15 is 0 Å². The van der Waals surface area contributed by atoms with E-state index < -0.39 is 11.7 Å². The fraction of sp³-hybridized carbons (Fsp3) is 0.458. The molecule has 1 aromatic carbocycles. The fourth-order valence-electron chi connectivity index (χ4n) is 4.76. The third-order valence-electron chi connectivity index (χ3n) is 6.73. The number of hydrogen-bond donors (Lipinski definition) is 1. The van der Waals surface area contributed by atoms with E-state index in [1.165, 1.54) is 0 Å². The zero-order chi connectivity index (χ0) is 26.2. The van der Waals surface area contributed by atoms with Crippen LogP contribution in [-0.4, -0.2) is 83.0 Å². The van der Waals surface area contributed by atoms with Gasteiger partial charge in [0.05, 0.1) is 30.1 Å². The summed E-state index contributed by atoms with van der Waals surface area (Å²) in [6.07, 6.45) is -3.10. The largest absolute Gasteiger partial charge is 0.419 e. The van der Waals surface area contributed by atoms with E-state index in [-0.39, 0.29) is 29.9 Å². The second kappa shape index (κ2) is 9.96. The molecule has 2 fully saturated rings. The summed E-state index contributed by atoms with van der Waals surface area (Å²) in [7, 11) is 0. The van der Waals surface area contributed by atoms with E-state index in [1.54, 1.807) is 9.80 Å². The Balaban J connectivity index is 1.19. The summed E-state index contributed by atoms with van der Waals surface area (Å²) in [5, 5.41) is 8.23. The average molecular weight is 518 g/mol. The van der Waals surface area contributed by atoms with E-state index in [1.807, 2.05) is 30.0 Å². The lowest BCUT2D eigenvalue weighted by Gasteiger charge is -2.37.